The van der Waals surface area contributed by atoms with Crippen LogP contribution in [-0.4, -0.2) is 0 Å². The van der Waals surface area contributed by atoms with Crippen molar-refractivity contribution in [3.05, 3.63) is 35.2 Å². The predicted octanol–water partition coefficient (Wildman–Crippen LogP) is 3.21. The highest BCUT2D eigenvalue weighted by atomic mass is 15.0. The molecule has 1 aromatic carbocycles. The lowest BCUT2D eigenvalue weighted by Crippen LogP contribution is -1.70. The van der Waals surface area contributed by atoms with Gasteiger partial charge < -0.3 is 0 Å². The summed E-state index contributed by atoms with van der Waals surface area (Å²) >= 11 is 0. The summed E-state index contributed by atoms with van der Waals surface area (Å²) in [7, 11) is 0. The van der Waals surface area contributed by atoms with Crippen LogP contribution in [0.4, 0.5) is 11.4 Å². The van der Waals surface area contributed by atoms with Gasteiger partial charge in [0.1, 0.15) is 0 Å². The molecule has 54 valence electrons. The van der Waals surface area contributed by atoms with E-state index >= 15 is 0 Å². The largest absolute Gasteiger partial charge is 0.238 e. The van der Waals surface area contributed by atoms with Gasteiger partial charge in [0.05, 0.1) is 12.3 Å². The molecule has 0 aliphatic carbocycles. The van der Waals surface area contributed by atoms with Crippen molar-refractivity contribution in [3.63, 3.8) is 0 Å². The summed E-state index contributed by atoms with van der Waals surface area (Å²) in [5.74, 6) is 0. The molecule has 0 fully saturated rings. The SMILES string of the molecule is [C-]#[N+]c1ccc(N=N)c(C)c1. The average molecular weight is 145 g/mol. The fourth-order valence-electron chi connectivity index (χ4n) is 0.835. The van der Waals surface area contributed by atoms with Crippen LogP contribution < -0.4 is 0 Å². The Hall–Kier alpha value is -1.69. The number of nitrogens with zero attached hydrogens (tertiary/aromatic N) is 2. The van der Waals surface area contributed by atoms with Crippen LogP contribution in [0.2, 0.25) is 0 Å². The zero-order valence-electron chi connectivity index (χ0n) is 6.13. The Kier molecular flexibility index (Phi) is 1.98. The van der Waals surface area contributed by atoms with E-state index < -0.39 is 0 Å². The summed E-state index contributed by atoms with van der Waals surface area (Å²) in [5.41, 5.74) is 8.84. The minimum absolute atomic E-state index is 0.593. The van der Waals surface area contributed by atoms with Gasteiger partial charge in [-0.05, 0) is 18.6 Å². The predicted molar refractivity (Wildman–Crippen MR) is 42.2 cm³/mol. The molecule has 1 aromatic rings. The van der Waals surface area contributed by atoms with Crippen LogP contribution in [0, 0.1) is 19.0 Å². The van der Waals surface area contributed by atoms with Crippen molar-refractivity contribution in [2.24, 2.45) is 5.11 Å². The third-order valence-electron chi connectivity index (χ3n) is 1.43. The van der Waals surface area contributed by atoms with Gasteiger partial charge in [-0.2, -0.15) is 5.11 Å². The number of hydrogen-bond donors (Lipinski definition) is 1. The smallest absolute Gasteiger partial charge is 0.187 e. The number of nitrogens with one attached hydrogen (secondary N) is 1. The maximum Gasteiger partial charge on any atom is 0.187 e. The Balaban J connectivity index is 3.22. The second-order valence-electron chi connectivity index (χ2n) is 2.19. The lowest BCUT2D eigenvalue weighted by molar-refractivity contribution is 1.13. The zero-order chi connectivity index (χ0) is 8.27. The van der Waals surface area contributed by atoms with Crippen LogP contribution in [0.15, 0.2) is 23.3 Å². The van der Waals surface area contributed by atoms with Gasteiger partial charge in [0, 0.05) is 0 Å². The maximum absolute atomic E-state index is 6.76. The third-order valence-corrected chi connectivity index (χ3v) is 1.43. The lowest BCUT2D eigenvalue weighted by Gasteiger charge is -1.96. The molecule has 0 spiro atoms. The number of benzene rings is 1. The Morgan fingerprint density at radius 2 is 2.27 bits per heavy atom. The molecule has 0 heterocycles. The molecule has 0 saturated carbocycles. The molecule has 0 radical (unpaired) electrons. The molecule has 11 heavy (non-hydrogen) atoms. The minimum atomic E-state index is 0.593. The van der Waals surface area contributed by atoms with Crippen LogP contribution in [0.25, 0.3) is 4.85 Å². The van der Waals surface area contributed by atoms with E-state index in [1.165, 1.54) is 0 Å². The number of aryl methyl sites for hydroxylation is 1. The summed E-state index contributed by atoms with van der Waals surface area (Å²) in [6.07, 6.45) is 0. The first-order valence-electron chi connectivity index (χ1n) is 3.13. The average Bonchev–Trinajstić information content (AvgIpc) is 2.04. The Bertz CT molecular complexity index is 323. The van der Waals surface area contributed by atoms with Crippen molar-refractivity contribution in [1.29, 1.82) is 5.53 Å². The molecule has 0 saturated heterocycles. The first-order chi connectivity index (χ1) is 5.27. The van der Waals surface area contributed by atoms with E-state index in [4.69, 9.17) is 12.1 Å². The van der Waals surface area contributed by atoms with E-state index in [1.807, 2.05) is 6.92 Å². The molecular weight excluding hydrogens is 138 g/mol. The van der Waals surface area contributed by atoms with E-state index in [0.29, 0.717) is 11.4 Å². The van der Waals surface area contributed by atoms with E-state index in [0.717, 1.165) is 5.56 Å². The normalized spacial score (nSPS) is 8.73. The molecule has 0 atom stereocenters. The second kappa shape index (κ2) is 2.93. The quantitative estimate of drug-likeness (QED) is 0.465. The van der Waals surface area contributed by atoms with Gasteiger partial charge in [0.15, 0.2) is 5.69 Å². The van der Waals surface area contributed by atoms with Gasteiger partial charge in [-0.25, -0.2) is 10.4 Å². The molecule has 0 amide bonds. The van der Waals surface area contributed by atoms with Gasteiger partial charge in [-0.15, -0.1) is 0 Å². The van der Waals surface area contributed by atoms with E-state index in [-0.39, 0.29) is 0 Å². The topological polar surface area (TPSA) is 40.6 Å². The molecule has 3 heteroatoms. The third kappa shape index (κ3) is 1.41. The second-order valence-corrected chi connectivity index (χ2v) is 2.19. The number of hydrogen-bond acceptors (Lipinski definition) is 2. The standard InChI is InChI=1S/C8H7N3/c1-6-5-7(10-2)3-4-8(6)11-9/h3-5,9H,1H3. The first-order valence-corrected chi connectivity index (χ1v) is 3.13. The van der Waals surface area contributed by atoms with Crippen LogP contribution in [0.5, 0.6) is 0 Å². The lowest BCUT2D eigenvalue weighted by atomic mass is 10.2. The fourth-order valence-corrected chi connectivity index (χ4v) is 0.835. The highest BCUT2D eigenvalue weighted by molar-refractivity contribution is 5.56. The molecule has 3 nitrogen and oxygen atoms in total. The van der Waals surface area contributed by atoms with Crippen molar-refractivity contribution in [2.45, 2.75) is 6.92 Å². The Morgan fingerprint density at radius 3 is 2.73 bits per heavy atom. The molecule has 0 aromatic heterocycles. The monoisotopic (exact) mass is 145 g/mol. The van der Waals surface area contributed by atoms with Gasteiger partial charge in [0.2, 0.25) is 0 Å². The summed E-state index contributed by atoms with van der Waals surface area (Å²) in [5, 5.41) is 3.29. The first kappa shape index (κ1) is 7.42. The van der Waals surface area contributed by atoms with Crippen molar-refractivity contribution < 1.29 is 0 Å². The zero-order valence-corrected chi connectivity index (χ0v) is 6.13. The summed E-state index contributed by atoms with van der Waals surface area (Å²) < 4.78 is 0. The van der Waals surface area contributed by atoms with E-state index in [9.17, 15) is 0 Å². The summed E-state index contributed by atoms with van der Waals surface area (Å²) in [4.78, 5) is 3.25. The Labute approximate surface area is 65.0 Å². The van der Waals surface area contributed by atoms with E-state index in [2.05, 4.69) is 9.96 Å². The molecule has 0 unspecified atom stereocenters. The van der Waals surface area contributed by atoms with E-state index in [1.54, 1.807) is 18.2 Å². The van der Waals surface area contributed by atoms with Crippen LogP contribution >= 0.6 is 0 Å². The maximum atomic E-state index is 6.76. The highest BCUT2D eigenvalue weighted by Crippen LogP contribution is 2.23. The van der Waals surface area contributed by atoms with Crippen molar-refractivity contribution >= 4 is 11.4 Å². The molecule has 1 rings (SSSR count). The van der Waals surface area contributed by atoms with Crippen molar-refractivity contribution in [2.75, 3.05) is 0 Å². The van der Waals surface area contributed by atoms with Crippen molar-refractivity contribution in [3.8, 4) is 0 Å². The highest BCUT2D eigenvalue weighted by Gasteiger charge is 1.96. The molecular formula is C8H7N3. The summed E-state index contributed by atoms with van der Waals surface area (Å²) in [6, 6.07) is 5.06. The van der Waals surface area contributed by atoms with Gasteiger partial charge in [-0.1, -0.05) is 12.1 Å². The fraction of sp³-hybridized carbons (Fsp3) is 0.125. The molecule has 1 N–H and O–H groups in total. The van der Waals surface area contributed by atoms with Gasteiger partial charge in [-0.3, -0.25) is 0 Å². The van der Waals surface area contributed by atoms with Crippen LogP contribution in [0.3, 0.4) is 0 Å². The molecule has 0 aliphatic rings. The Morgan fingerprint density at radius 1 is 1.55 bits per heavy atom. The van der Waals surface area contributed by atoms with Gasteiger partial charge in [0.25, 0.3) is 0 Å². The van der Waals surface area contributed by atoms with Crippen LogP contribution in [-0.2, 0) is 0 Å². The number of rotatable bonds is 1. The van der Waals surface area contributed by atoms with Crippen LogP contribution in [0.1, 0.15) is 5.56 Å². The van der Waals surface area contributed by atoms with Gasteiger partial charge >= 0.3 is 0 Å². The summed E-state index contributed by atoms with van der Waals surface area (Å²) in [6.45, 7) is 8.55. The minimum Gasteiger partial charge on any atom is -0.238 e. The molecule has 0 aliphatic heterocycles. The molecule has 0 bridgehead atoms. The van der Waals surface area contributed by atoms with Crippen molar-refractivity contribution in [1.82, 2.24) is 0 Å².